The third kappa shape index (κ3) is 1.79. The molecule has 0 saturated heterocycles. The van der Waals surface area contributed by atoms with Gasteiger partial charge in [0.1, 0.15) is 5.69 Å². The van der Waals surface area contributed by atoms with Gasteiger partial charge in [-0.3, -0.25) is 0 Å². The van der Waals surface area contributed by atoms with Crippen molar-refractivity contribution in [2.24, 2.45) is 5.92 Å². The van der Waals surface area contributed by atoms with E-state index in [1.54, 1.807) is 0 Å². The molecule has 0 bridgehead atoms. The van der Waals surface area contributed by atoms with Crippen LogP contribution in [0.25, 0.3) is 11.3 Å². The molecule has 3 rings (SSSR count). The Morgan fingerprint density at radius 3 is 2.83 bits per heavy atom. The largest absolute Gasteiger partial charge is 0.475 e. The highest BCUT2D eigenvalue weighted by atomic mass is 16.5. The summed E-state index contributed by atoms with van der Waals surface area (Å²) in [4.78, 5) is 10.7. The molecule has 0 spiro atoms. The lowest BCUT2D eigenvalue weighted by Crippen LogP contribution is -1.91. The molecule has 1 aliphatic rings. The van der Waals surface area contributed by atoms with Crippen molar-refractivity contribution >= 4 is 5.97 Å². The van der Waals surface area contributed by atoms with Crippen molar-refractivity contribution < 1.29 is 14.4 Å². The highest BCUT2D eigenvalue weighted by Crippen LogP contribution is 2.30. The summed E-state index contributed by atoms with van der Waals surface area (Å²) >= 11 is 0. The van der Waals surface area contributed by atoms with Gasteiger partial charge in [0.25, 0.3) is 0 Å². The second-order valence-electron chi connectivity index (χ2n) is 4.88. The number of carboxylic acids is 1. The van der Waals surface area contributed by atoms with Crippen LogP contribution in [0, 0.1) is 5.92 Å². The average Bonchev–Trinajstić information content (AvgIpc) is 2.91. The molecule has 1 unspecified atom stereocenters. The Balaban J connectivity index is 1.97. The lowest BCUT2D eigenvalue weighted by Gasteiger charge is -2.00. The lowest BCUT2D eigenvalue weighted by atomic mass is 10.0. The molecule has 1 aromatic heterocycles. The molecule has 0 fully saturated rings. The minimum atomic E-state index is -1.09. The monoisotopic (exact) mass is 243 g/mol. The van der Waals surface area contributed by atoms with Crippen LogP contribution in [0.15, 0.2) is 28.8 Å². The van der Waals surface area contributed by atoms with Crippen LogP contribution in [0.5, 0.6) is 0 Å². The second kappa shape index (κ2) is 3.98. The van der Waals surface area contributed by atoms with Crippen LogP contribution in [-0.4, -0.2) is 16.2 Å². The Hall–Kier alpha value is -2.10. The Labute approximate surface area is 104 Å². The van der Waals surface area contributed by atoms with E-state index in [1.807, 2.05) is 6.07 Å². The summed E-state index contributed by atoms with van der Waals surface area (Å²) in [6.45, 7) is 2.23. The summed E-state index contributed by atoms with van der Waals surface area (Å²) in [6, 6.07) is 7.62. The van der Waals surface area contributed by atoms with Crippen LogP contribution in [0.1, 0.15) is 28.6 Å². The first kappa shape index (κ1) is 11.0. The molecular weight excluding hydrogens is 230 g/mol. The number of fused-ring (bicyclic) bond motifs is 1. The molecule has 92 valence electrons. The lowest BCUT2D eigenvalue weighted by molar-refractivity contribution is 0.0652. The Kier molecular flexibility index (Phi) is 2.44. The molecule has 1 atom stereocenters. The fourth-order valence-corrected chi connectivity index (χ4v) is 2.51. The number of hydrogen-bond donors (Lipinski definition) is 1. The summed E-state index contributed by atoms with van der Waals surface area (Å²) in [7, 11) is 0. The predicted octanol–water partition coefficient (Wildman–Crippen LogP) is 2.77. The molecule has 0 amide bonds. The van der Waals surface area contributed by atoms with Crippen LogP contribution in [-0.2, 0) is 12.8 Å². The number of nitrogens with zero attached hydrogens (tertiary/aromatic N) is 1. The Morgan fingerprint density at radius 2 is 2.11 bits per heavy atom. The third-order valence-corrected chi connectivity index (χ3v) is 3.36. The molecule has 1 aliphatic carbocycles. The Morgan fingerprint density at radius 1 is 1.33 bits per heavy atom. The van der Waals surface area contributed by atoms with Gasteiger partial charge in [0.2, 0.25) is 5.76 Å². The van der Waals surface area contributed by atoms with Gasteiger partial charge in [-0.1, -0.05) is 24.2 Å². The van der Waals surface area contributed by atoms with E-state index in [-0.39, 0.29) is 5.76 Å². The molecule has 2 aromatic rings. The van der Waals surface area contributed by atoms with Crippen molar-refractivity contribution in [3.05, 3.63) is 41.2 Å². The van der Waals surface area contributed by atoms with E-state index in [2.05, 4.69) is 24.2 Å². The van der Waals surface area contributed by atoms with E-state index in [0.29, 0.717) is 11.6 Å². The van der Waals surface area contributed by atoms with Gasteiger partial charge >= 0.3 is 5.97 Å². The average molecular weight is 243 g/mol. The number of rotatable bonds is 2. The van der Waals surface area contributed by atoms with E-state index in [0.717, 1.165) is 18.4 Å². The minimum Gasteiger partial charge on any atom is -0.475 e. The van der Waals surface area contributed by atoms with Crippen LogP contribution >= 0.6 is 0 Å². The van der Waals surface area contributed by atoms with Gasteiger partial charge < -0.3 is 9.63 Å². The number of carbonyl (C=O) groups is 1. The van der Waals surface area contributed by atoms with Gasteiger partial charge in [0.15, 0.2) is 0 Å². The zero-order chi connectivity index (χ0) is 12.7. The molecule has 0 aliphatic heterocycles. The molecule has 4 nitrogen and oxygen atoms in total. The van der Waals surface area contributed by atoms with Crippen molar-refractivity contribution in [3.8, 4) is 11.3 Å². The van der Waals surface area contributed by atoms with Crippen molar-refractivity contribution in [1.29, 1.82) is 0 Å². The highest BCUT2D eigenvalue weighted by Gasteiger charge is 2.19. The van der Waals surface area contributed by atoms with E-state index in [4.69, 9.17) is 9.63 Å². The van der Waals surface area contributed by atoms with E-state index in [1.165, 1.54) is 17.2 Å². The third-order valence-electron chi connectivity index (χ3n) is 3.36. The highest BCUT2D eigenvalue weighted by molar-refractivity contribution is 5.85. The normalized spacial score (nSPS) is 17.7. The summed E-state index contributed by atoms with van der Waals surface area (Å²) in [5, 5.41) is 12.6. The SMILES string of the molecule is CC1Cc2ccc(-c3cc(C(=O)O)on3)cc2C1. The maximum Gasteiger partial charge on any atom is 0.374 e. The van der Waals surface area contributed by atoms with Gasteiger partial charge in [-0.05, 0) is 36.0 Å². The summed E-state index contributed by atoms with van der Waals surface area (Å²) in [6.07, 6.45) is 2.20. The summed E-state index contributed by atoms with van der Waals surface area (Å²) in [5.74, 6) is -0.537. The van der Waals surface area contributed by atoms with Crippen molar-refractivity contribution in [2.75, 3.05) is 0 Å². The van der Waals surface area contributed by atoms with Crippen molar-refractivity contribution in [2.45, 2.75) is 19.8 Å². The van der Waals surface area contributed by atoms with Gasteiger partial charge in [-0.25, -0.2) is 4.79 Å². The Bertz CT molecular complexity index is 615. The molecule has 1 heterocycles. The topological polar surface area (TPSA) is 63.3 Å². The first-order valence-electron chi connectivity index (χ1n) is 5.95. The maximum absolute atomic E-state index is 10.7. The van der Waals surface area contributed by atoms with Crippen LogP contribution in [0.4, 0.5) is 0 Å². The second-order valence-corrected chi connectivity index (χ2v) is 4.88. The molecule has 0 radical (unpaired) electrons. The summed E-state index contributed by atoms with van der Waals surface area (Å²) < 4.78 is 4.77. The van der Waals surface area contributed by atoms with Gasteiger partial charge in [0.05, 0.1) is 0 Å². The number of benzene rings is 1. The number of hydrogen-bond acceptors (Lipinski definition) is 3. The zero-order valence-corrected chi connectivity index (χ0v) is 10.0. The van der Waals surface area contributed by atoms with Crippen LogP contribution < -0.4 is 0 Å². The quantitative estimate of drug-likeness (QED) is 0.880. The molecule has 0 saturated carbocycles. The first-order valence-corrected chi connectivity index (χ1v) is 5.95. The fourth-order valence-electron chi connectivity index (χ4n) is 2.51. The van der Waals surface area contributed by atoms with Crippen molar-refractivity contribution in [3.63, 3.8) is 0 Å². The zero-order valence-electron chi connectivity index (χ0n) is 10.0. The predicted molar refractivity (Wildman–Crippen MR) is 65.5 cm³/mol. The number of carboxylic acid groups (broad SMARTS) is 1. The first-order chi connectivity index (χ1) is 8.63. The van der Waals surface area contributed by atoms with Gasteiger partial charge in [-0.15, -0.1) is 0 Å². The fraction of sp³-hybridized carbons (Fsp3) is 0.286. The van der Waals surface area contributed by atoms with Crippen LogP contribution in [0.3, 0.4) is 0 Å². The maximum atomic E-state index is 10.7. The summed E-state index contributed by atoms with van der Waals surface area (Å²) in [5.41, 5.74) is 4.21. The standard InChI is InChI=1S/C14H13NO3/c1-8-4-9-2-3-10(6-11(9)5-8)12-7-13(14(16)17)18-15-12/h2-3,6-8H,4-5H2,1H3,(H,16,17). The van der Waals surface area contributed by atoms with E-state index < -0.39 is 5.97 Å². The minimum absolute atomic E-state index is 0.126. The number of aromatic nitrogens is 1. The van der Waals surface area contributed by atoms with Crippen LogP contribution in [0.2, 0.25) is 0 Å². The van der Waals surface area contributed by atoms with Crippen molar-refractivity contribution in [1.82, 2.24) is 5.16 Å². The van der Waals surface area contributed by atoms with E-state index >= 15 is 0 Å². The smallest absolute Gasteiger partial charge is 0.374 e. The molecule has 1 N–H and O–H groups in total. The van der Waals surface area contributed by atoms with E-state index in [9.17, 15) is 4.79 Å². The van der Waals surface area contributed by atoms with Gasteiger partial charge in [0, 0.05) is 11.6 Å². The van der Waals surface area contributed by atoms with Gasteiger partial charge in [-0.2, -0.15) is 0 Å². The molecule has 18 heavy (non-hydrogen) atoms. The molecule has 4 heteroatoms. The number of aromatic carboxylic acids is 1. The molecular formula is C14H13NO3. The molecule has 1 aromatic carbocycles.